The van der Waals surface area contributed by atoms with Crippen molar-refractivity contribution in [1.82, 2.24) is 15.3 Å². The highest BCUT2D eigenvalue weighted by Gasteiger charge is 2.27. The standard InChI is InChI=1S/C24H35N7/c1-16(2)31-14-11-26-21-20(31)22(29-23(28-21)30-12-9-25-10-13-30)27-19-15-18(24(4,5)6)8-7-17(19)3/h7-8,11,15-16,25H,9-10,12-14H2,1-6H3,(H,27,28,29). The molecule has 0 aliphatic carbocycles. The smallest absolute Gasteiger partial charge is 0.229 e. The zero-order valence-electron chi connectivity index (χ0n) is 19.7. The molecule has 3 heterocycles. The molecule has 2 N–H and O–H groups in total. The van der Waals surface area contributed by atoms with Gasteiger partial charge in [-0.1, -0.05) is 32.9 Å². The Labute approximate surface area is 186 Å². The first-order chi connectivity index (χ1) is 14.7. The number of aryl methyl sites for hydroxylation is 1. The Kier molecular flexibility index (Phi) is 5.88. The van der Waals surface area contributed by atoms with Crippen molar-refractivity contribution in [3.63, 3.8) is 0 Å². The van der Waals surface area contributed by atoms with E-state index in [4.69, 9.17) is 9.97 Å². The third-order valence-corrected chi connectivity index (χ3v) is 6.01. The number of anilines is 4. The summed E-state index contributed by atoms with van der Waals surface area (Å²) in [7, 11) is 0. The molecule has 2 aliphatic rings. The van der Waals surface area contributed by atoms with Gasteiger partial charge in [-0.25, -0.2) is 4.99 Å². The minimum absolute atomic E-state index is 0.0788. The van der Waals surface area contributed by atoms with Gasteiger partial charge in [0.2, 0.25) is 5.95 Å². The van der Waals surface area contributed by atoms with Gasteiger partial charge in [0.05, 0.1) is 6.54 Å². The van der Waals surface area contributed by atoms with Crippen molar-refractivity contribution in [3.8, 4) is 0 Å². The third kappa shape index (κ3) is 4.51. The number of aliphatic imine (C=N–C) groups is 1. The quantitative estimate of drug-likeness (QED) is 0.772. The fourth-order valence-electron chi connectivity index (χ4n) is 4.01. The number of hydrogen-bond acceptors (Lipinski definition) is 7. The van der Waals surface area contributed by atoms with E-state index in [1.165, 1.54) is 11.1 Å². The minimum atomic E-state index is 0.0788. The van der Waals surface area contributed by atoms with Crippen LogP contribution in [0.3, 0.4) is 0 Å². The molecule has 4 rings (SSSR count). The topological polar surface area (TPSA) is 68.7 Å². The second-order valence-electron chi connectivity index (χ2n) is 9.74. The Bertz CT molecular complexity index is 969. The molecule has 0 radical (unpaired) electrons. The van der Waals surface area contributed by atoms with E-state index in [2.05, 4.69) is 85.2 Å². The molecular formula is C24H35N7. The van der Waals surface area contributed by atoms with Gasteiger partial charge >= 0.3 is 0 Å². The molecule has 0 amide bonds. The molecule has 1 aromatic heterocycles. The number of aromatic nitrogens is 2. The molecule has 0 unspecified atom stereocenters. The Balaban J connectivity index is 1.81. The fourth-order valence-corrected chi connectivity index (χ4v) is 4.01. The molecule has 166 valence electrons. The van der Waals surface area contributed by atoms with Gasteiger partial charge < -0.3 is 20.4 Å². The van der Waals surface area contributed by atoms with Crippen molar-refractivity contribution >= 4 is 35.2 Å². The number of rotatable bonds is 4. The summed E-state index contributed by atoms with van der Waals surface area (Å²) in [5, 5.41) is 7.07. The largest absolute Gasteiger partial charge is 0.358 e. The maximum atomic E-state index is 5.03. The molecule has 2 aromatic rings. The third-order valence-electron chi connectivity index (χ3n) is 6.01. The number of nitrogens with zero attached hydrogens (tertiary/aromatic N) is 5. The minimum Gasteiger partial charge on any atom is -0.358 e. The van der Waals surface area contributed by atoms with E-state index in [1.54, 1.807) is 0 Å². The molecule has 7 nitrogen and oxygen atoms in total. The van der Waals surface area contributed by atoms with Crippen LogP contribution in [0.1, 0.15) is 45.7 Å². The van der Waals surface area contributed by atoms with E-state index in [9.17, 15) is 0 Å². The second kappa shape index (κ2) is 8.46. The van der Waals surface area contributed by atoms with Crippen molar-refractivity contribution in [2.45, 2.75) is 53.0 Å². The van der Waals surface area contributed by atoms with Crippen LogP contribution in [0, 0.1) is 6.92 Å². The number of piperazine rings is 1. The van der Waals surface area contributed by atoms with Crippen molar-refractivity contribution < 1.29 is 0 Å². The average molecular weight is 422 g/mol. The Morgan fingerprint density at radius 1 is 1.10 bits per heavy atom. The normalized spacial score (nSPS) is 16.6. The molecule has 0 atom stereocenters. The lowest BCUT2D eigenvalue weighted by Crippen LogP contribution is -2.44. The number of hydrogen-bond donors (Lipinski definition) is 2. The van der Waals surface area contributed by atoms with Crippen molar-refractivity contribution in [2.24, 2.45) is 4.99 Å². The fraction of sp³-hybridized carbons (Fsp3) is 0.542. The highest BCUT2D eigenvalue weighted by molar-refractivity contribution is 5.88. The van der Waals surface area contributed by atoms with E-state index in [1.807, 2.05) is 6.21 Å². The summed E-state index contributed by atoms with van der Waals surface area (Å²) in [4.78, 5) is 19.1. The summed E-state index contributed by atoms with van der Waals surface area (Å²) < 4.78 is 0. The lowest BCUT2D eigenvalue weighted by atomic mass is 9.86. The molecule has 1 aromatic carbocycles. The lowest BCUT2D eigenvalue weighted by molar-refractivity contribution is 0.580. The Morgan fingerprint density at radius 2 is 1.84 bits per heavy atom. The van der Waals surface area contributed by atoms with Crippen LogP contribution < -0.4 is 20.4 Å². The van der Waals surface area contributed by atoms with E-state index >= 15 is 0 Å². The maximum absolute atomic E-state index is 5.03. The van der Waals surface area contributed by atoms with Gasteiger partial charge in [-0.05, 0) is 43.4 Å². The summed E-state index contributed by atoms with van der Waals surface area (Å²) in [5.74, 6) is 2.32. The first kappa shape index (κ1) is 21.6. The highest BCUT2D eigenvalue weighted by Crippen LogP contribution is 2.40. The average Bonchev–Trinajstić information content (AvgIpc) is 2.74. The summed E-state index contributed by atoms with van der Waals surface area (Å²) >= 11 is 0. The number of benzene rings is 1. The summed E-state index contributed by atoms with van der Waals surface area (Å²) in [6.45, 7) is 17.7. The van der Waals surface area contributed by atoms with E-state index in [0.717, 1.165) is 61.7 Å². The van der Waals surface area contributed by atoms with Crippen molar-refractivity contribution in [1.29, 1.82) is 0 Å². The van der Waals surface area contributed by atoms with Crippen LogP contribution in [0.25, 0.3) is 0 Å². The SMILES string of the molecule is Cc1ccc(C(C)(C)C)cc1Nc1nc(N2CCNCC2)nc2c1N(C(C)C)CC=N2. The molecular weight excluding hydrogens is 386 g/mol. The molecule has 1 saturated heterocycles. The number of nitrogens with one attached hydrogen (secondary N) is 2. The predicted octanol–water partition coefficient (Wildman–Crippen LogP) is 4.17. The molecule has 0 saturated carbocycles. The Hall–Kier alpha value is -2.67. The second-order valence-corrected chi connectivity index (χ2v) is 9.74. The van der Waals surface area contributed by atoms with E-state index in [0.29, 0.717) is 6.04 Å². The van der Waals surface area contributed by atoms with Gasteiger partial charge in [0.1, 0.15) is 5.69 Å². The van der Waals surface area contributed by atoms with Gasteiger partial charge in [0.25, 0.3) is 0 Å². The van der Waals surface area contributed by atoms with Crippen LogP contribution in [0.2, 0.25) is 0 Å². The van der Waals surface area contributed by atoms with Crippen LogP contribution in [0.5, 0.6) is 0 Å². The molecule has 0 bridgehead atoms. The van der Waals surface area contributed by atoms with Crippen LogP contribution in [-0.2, 0) is 5.41 Å². The summed E-state index contributed by atoms with van der Waals surface area (Å²) in [6.07, 6.45) is 1.95. The highest BCUT2D eigenvalue weighted by atomic mass is 15.3. The van der Waals surface area contributed by atoms with Crippen LogP contribution in [0.15, 0.2) is 23.2 Å². The molecule has 2 aliphatic heterocycles. The van der Waals surface area contributed by atoms with E-state index < -0.39 is 0 Å². The number of fused-ring (bicyclic) bond motifs is 1. The molecule has 7 heteroatoms. The first-order valence-corrected chi connectivity index (χ1v) is 11.3. The first-order valence-electron chi connectivity index (χ1n) is 11.3. The molecule has 0 spiro atoms. The van der Waals surface area contributed by atoms with Crippen molar-refractivity contribution in [2.75, 3.05) is 47.8 Å². The maximum Gasteiger partial charge on any atom is 0.229 e. The van der Waals surface area contributed by atoms with Gasteiger partial charge in [-0.2, -0.15) is 9.97 Å². The molecule has 31 heavy (non-hydrogen) atoms. The van der Waals surface area contributed by atoms with Gasteiger partial charge in [0, 0.05) is 44.1 Å². The van der Waals surface area contributed by atoms with Crippen LogP contribution in [-0.4, -0.2) is 54.9 Å². The summed E-state index contributed by atoms with van der Waals surface area (Å²) in [5.41, 5.74) is 4.63. The van der Waals surface area contributed by atoms with Gasteiger partial charge in [-0.15, -0.1) is 0 Å². The van der Waals surface area contributed by atoms with Crippen molar-refractivity contribution in [3.05, 3.63) is 29.3 Å². The summed E-state index contributed by atoms with van der Waals surface area (Å²) in [6, 6.07) is 6.97. The monoisotopic (exact) mass is 421 g/mol. The Morgan fingerprint density at radius 3 is 2.52 bits per heavy atom. The van der Waals surface area contributed by atoms with Crippen LogP contribution in [0.4, 0.5) is 29.0 Å². The zero-order valence-corrected chi connectivity index (χ0v) is 19.7. The van der Waals surface area contributed by atoms with E-state index in [-0.39, 0.29) is 5.41 Å². The van der Waals surface area contributed by atoms with Gasteiger partial charge in [0.15, 0.2) is 11.6 Å². The van der Waals surface area contributed by atoms with Gasteiger partial charge in [-0.3, -0.25) is 0 Å². The molecule has 1 fully saturated rings. The predicted molar refractivity (Wildman–Crippen MR) is 131 cm³/mol. The zero-order chi connectivity index (χ0) is 22.2. The lowest BCUT2D eigenvalue weighted by Gasteiger charge is -2.34. The van der Waals surface area contributed by atoms with Crippen LogP contribution >= 0.6 is 0 Å².